The summed E-state index contributed by atoms with van der Waals surface area (Å²) in [7, 11) is 1.35. The van der Waals surface area contributed by atoms with Crippen LogP contribution >= 0.6 is 0 Å². The molecule has 0 bridgehead atoms. The van der Waals surface area contributed by atoms with Crippen molar-refractivity contribution in [3.63, 3.8) is 0 Å². The van der Waals surface area contributed by atoms with Gasteiger partial charge in [-0.3, -0.25) is 0 Å². The van der Waals surface area contributed by atoms with Gasteiger partial charge < -0.3 is 15.2 Å². The summed E-state index contributed by atoms with van der Waals surface area (Å²) < 4.78 is 10.4. The summed E-state index contributed by atoms with van der Waals surface area (Å²) in [5.74, 6) is 0.116. The molecule has 106 valence electrons. The number of ether oxygens (including phenoxy) is 2. The minimum absolute atomic E-state index is 0.385. The molecular formula is C15H23NO3. The van der Waals surface area contributed by atoms with Gasteiger partial charge in [0.05, 0.1) is 13.7 Å². The highest BCUT2D eigenvalue weighted by molar-refractivity contribution is 5.93. The van der Waals surface area contributed by atoms with Gasteiger partial charge in [0.1, 0.15) is 11.3 Å². The van der Waals surface area contributed by atoms with Crippen LogP contribution in [0.5, 0.6) is 5.75 Å². The highest BCUT2D eigenvalue weighted by atomic mass is 16.5. The van der Waals surface area contributed by atoms with Gasteiger partial charge in [0.25, 0.3) is 0 Å². The molecule has 19 heavy (non-hydrogen) atoms. The van der Waals surface area contributed by atoms with Crippen LogP contribution in [0.15, 0.2) is 18.2 Å². The fourth-order valence-corrected chi connectivity index (χ4v) is 1.83. The Labute approximate surface area is 114 Å². The number of benzene rings is 1. The lowest BCUT2D eigenvalue weighted by Gasteiger charge is -2.10. The molecule has 4 nitrogen and oxygen atoms in total. The van der Waals surface area contributed by atoms with E-state index >= 15 is 0 Å². The van der Waals surface area contributed by atoms with Crippen LogP contribution in [0.1, 0.15) is 49.4 Å². The third-order valence-corrected chi connectivity index (χ3v) is 2.91. The normalized spacial score (nSPS) is 10.2. The predicted molar refractivity (Wildman–Crippen MR) is 76.4 cm³/mol. The summed E-state index contributed by atoms with van der Waals surface area (Å²) in [5, 5.41) is 0. The molecular weight excluding hydrogens is 242 g/mol. The number of hydrogen-bond donors (Lipinski definition) is 1. The van der Waals surface area contributed by atoms with Crippen molar-refractivity contribution >= 4 is 11.7 Å². The van der Waals surface area contributed by atoms with Crippen LogP contribution in [0.2, 0.25) is 0 Å². The maximum absolute atomic E-state index is 11.6. The molecule has 0 spiro atoms. The summed E-state index contributed by atoms with van der Waals surface area (Å²) in [6, 6.07) is 5.02. The molecule has 1 aromatic rings. The molecule has 4 heteroatoms. The van der Waals surface area contributed by atoms with Crippen molar-refractivity contribution in [3.05, 3.63) is 23.8 Å². The second-order valence-electron chi connectivity index (χ2n) is 4.51. The van der Waals surface area contributed by atoms with Crippen LogP contribution in [0.4, 0.5) is 5.69 Å². The van der Waals surface area contributed by atoms with Gasteiger partial charge in [-0.15, -0.1) is 0 Å². The highest BCUT2D eigenvalue weighted by Crippen LogP contribution is 2.22. The quantitative estimate of drug-likeness (QED) is 0.444. The molecule has 0 heterocycles. The summed E-state index contributed by atoms with van der Waals surface area (Å²) in [5.41, 5.74) is 6.58. The Morgan fingerprint density at radius 2 is 1.95 bits per heavy atom. The molecule has 0 aliphatic carbocycles. The number of rotatable bonds is 8. The number of nitrogen functional groups attached to an aromatic ring is 1. The molecule has 0 fully saturated rings. The zero-order valence-corrected chi connectivity index (χ0v) is 11.8. The minimum Gasteiger partial charge on any atom is -0.493 e. The van der Waals surface area contributed by atoms with Crippen LogP contribution in [0.25, 0.3) is 0 Å². The maximum Gasteiger partial charge on any atom is 0.341 e. The van der Waals surface area contributed by atoms with Crippen molar-refractivity contribution in [2.45, 2.75) is 39.0 Å². The molecule has 0 amide bonds. The number of nitrogens with two attached hydrogens (primary N) is 1. The maximum atomic E-state index is 11.6. The van der Waals surface area contributed by atoms with Crippen LogP contribution in [0, 0.1) is 0 Å². The zero-order valence-electron chi connectivity index (χ0n) is 11.8. The molecule has 1 rings (SSSR count). The van der Waals surface area contributed by atoms with Gasteiger partial charge in [0.2, 0.25) is 0 Å². The largest absolute Gasteiger partial charge is 0.493 e. The van der Waals surface area contributed by atoms with Crippen molar-refractivity contribution in [1.29, 1.82) is 0 Å². The third kappa shape index (κ3) is 5.20. The van der Waals surface area contributed by atoms with E-state index in [1.807, 2.05) is 0 Å². The number of methoxy groups -OCH3 is 1. The summed E-state index contributed by atoms with van der Waals surface area (Å²) in [6.45, 7) is 2.80. The number of hydrogen-bond acceptors (Lipinski definition) is 4. The van der Waals surface area contributed by atoms with E-state index in [4.69, 9.17) is 15.2 Å². The van der Waals surface area contributed by atoms with Gasteiger partial charge in [-0.25, -0.2) is 4.79 Å². The van der Waals surface area contributed by atoms with Crippen molar-refractivity contribution in [2.75, 3.05) is 19.5 Å². The number of anilines is 1. The molecule has 0 saturated heterocycles. The Morgan fingerprint density at radius 1 is 1.21 bits per heavy atom. The second kappa shape index (κ2) is 8.40. The van der Waals surface area contributed by atoms with E-state index in [1.54, 1.807) is 18.2 Å². The molecule has 2 N–H and O–H groups in total. The monoisotopic (exact) mass is 265 g/mol. The zero-order chi connectivity index (χ0) is 14.1. The van der Waals surface area contributed by atoms with Gasteiger partial charge in [0.15, 0.2) is 0 Å². The van der Waals surface area contributed by atoms with E-state index in [1.165, 1.54) is 26.4 Å². The van der Waals surface area contributed by atoms with E-state index in [0.29, 0.717) is 23.6 Å². The molecule has 0 aliphatic heterocycles. The first-order chi connectivity index (χ1) is 9.19. The Balaban J connectivity index is 2.50. The fourth-order valence-electron chi connectivity index (χ4n) is 1.83. The highest BCUT2D eigenvalue weighted by Gasteiger charge is 2.13. The Kier molecular flexibility index (Phi) is 6.79. The Bertz CT molecular complexity index is 404. The molecule has 0 unspecified atom stereocenters. The van der Waals surface area contributed by atoms with Gasteiger partial charge in [0, 0.05) is 5.69 Å². The predicted octanol–water partition coefficient (Wildman–Crippen LogP) is 3.40. The number of carbonyl (C=O) groups is 1. The molecule has 0 radical (unpaired) electrons. The van der Waals surface area contributed by atoms with E-state index in [2.05, 4.69) is 6.92 Å². The fraction of sp³-hybridized carbons (Fsp3) is 0.533. The summed E-state index contributed by atoms with van der Waals surface area (Å²) in [4.78, 5) is 11.6. The van der Waals surface area contributed by atoms with Crippen LogP contribution in [-0.4, -0.2) is 19.7 Å². The first kappa shape index (κ1) is 15.3. The molecule has 0 saturated carbocycles. The van der Waals surface area contributed by atoms with Gasteiger partial charge in [-0.2, -0.15) is 0 Å². The number of carbonyl (C=O) groups excluding carboxylic acids is 1. The average Bonchev–Trinajstić information content (AvgIpc) is 2.43. The number of unbranched alkanes of at least 4 members (excludes halogenated alkanes) is 4. The van der Waals surface area contributed by atoms with Crippen LogP contribution in [0.3, 0.4) is 0 Å². The second-order valence-corrected chi connectivity index (χ2v) is 4.51. The van der Waals surface area contributed by atoms with Gasteiger partial charge in [-0.05, 0) is 24.6 Å². The third-order valence-electron chi connectivity index (χ3n) is 2.91. The van der Waals surface area contributed by atoms with Crippen molar-refractivity contribution < 1.29 is 14.3 Å². The van der Waals surface area contributed by atoms with E-state index in [9.17, 15) is 4.79 Å². The lowest BCUT2D eigenvalue weighted by atomic mass is 10.1. The van der Waals surface area contributed by atoms with Gasteiger partial charge in [-0.1, -0.05) is 32.6 Å². The molecule has 0 aromatic heterocycles. The summed E-state index contributed by atoms with van der Waals surface area (Å²) in [6.07, 6.45) is 5.85. The Morgan fingerprint density at radius 3 is 2.63 bits per heavy atom. The summed E-state index contributed by atoms with van der Waals surface area (Å²) >= 11 is 0. The molecule has 1 aromatic carbocycles. The van der Waals surface area contributed by atoms with Crippen molar-refractivity contribution in [1.82, 2.24) is 0 Å². The average molecular weight is 265 g/mol. The standard InChI is InChI=1S/C15H23NO3/c1-3-4-5-6-7-10-19-14-9-8-12(16)11-13(14)15(17)18-2/h8-9,11H,3-7,10,16H2,1-2H3. The smallest absolute Gasteiger partial charge is 0.341 e. The van der Waals surface area contributed by atoms with Crippen LogP contribution < -0.4 is 10.5 Å². The molecule has 0 atom stereocenters. The van der Waals surface area contributed by atoms with Crippen LogP contribution in [-0.2, 0) is 4.74 Å². The first-order valence-corrected chi connectivity index (χ1v) is 6.79. The topological polar surface area (TPSA) is 61.5 Å². The number of esters is 1. The molecule has 0 aliphatic rings. The lowest BCUT2D eigenvalue weighted by molar-refractivity contribution is 0.0596. The van der Waals surface area contributed by atoms with Crippen molar-refractivity contribution in [2.24, 2.45) is 0 Å². The first-order valence-electron chi connectivity index (χ1n) is 6.79. The minimum atomic E-state index is -0.423. The SMILES string of the molecule is CCCCCCCOc1ccc(N)cc1C(=O)OC. The van der Waals surface area contributed by atoms with Gasteiger partial charge >= 0.3 is 5.97 Å². The van der Waals surface area contributed by atoms with E-state index in [0.717, 1.165) is 12.8 Å². The Hall–Kier alpha value is -1.71. The van der Waals surface area contributed by atoms with Crippen molar-refractivity contribution in [3.8, 4) is 5.75 Å². The lowest BCUT2D eigenvalue weighted by Crippen LogP contribution is -2.07. The van der Waals surface area contributed by atoms with E-state index in [-0.39, 0.29) is 0 Å². The van der Waals surface area contributed by atoms with E-state index < -0.39 is 5.97 Å².